The quantitative estimate of drug-likeness (QED) is 0.593. The Morgan fingerprint density at radius 1 is 1.20 bits per heavy atom. The van der Waals surface area contributed by atoms with Crippen LogP contribution in [0.15, 0.2) is 46.9 Å². The third-order valence-electron chi connectivity index (χ3n) is 2.80. The first-order valence-corrected chi connectivity index (χ1v) is 6.69. The zero-order chi connectivity index (χ0) is 14.5. The monoisotopic (exact) mass is 337 g/mol. The van der Waals surface area contributed by atoms with Gasteiger partial charge in [-0.1, -0.05) is 40.2 Å². The van der Waals surface area contributed by atoms with Gasteiger partial charge in [-0.05, 0) is 23.8 Å². The smallest absolute Gasteiger partial charge is 0.253 e. The fourth-order valence-electron chi connectivity index (χ4n) is 1.77. The van der Waals surface area contributed by atoms with E-state index in [1.807, 2.05) is 24.3 Å². The minimum atomic E-state index is -0.568. The van der Waals surface area contributed by atoms with Crippen LogP contribution in [0, 0.1) is 5.82 Å². The summed E-state index contributed by atoms with van der Waals surface area (Å²) in [5.41, 5.74) is 3.29. The van der Waals surface area contributed by atoms with Gasteiger partial charge >= 0.3 is 0 Å². The molecule has 0 bridgehead atoms. The molecule has 6 heteroatoms. The van der Waals surface area contributed by atoms with E-state index in [9.17, 15) is 9.18 Å². The molecule has 4 nitrogen and oxygen atoms in total. The number of nitrogens with two attached hydrogens (primary N) is 1. The summed E-state index contributed by atoms with van der Waals surface area (Å²) in [5.74, 6) is 4.28. The first-order chi connectivity index (χ1) is 9.63. The lowest BCUT2D eigenvalue weighted by Gasteiger charge is -2.11. The summed E-state index contributed by atoms with van der Waals surface area (Å²) < 4.78 is 14.4. The lowest BCUT2D eigenvalue weighted by molar-refractivity contribution is 0.0951. The number of nitrogen functional groups attached to an aromatic ring is 1. The highest BCUT2D eigenvalue weighted by Crippen LogP contribution is 2.19. The van der Waals surface area contributed by atoms with E-state index in [0.29, 0.717) is 6.54 Å². The van der Waals surface area contributed by atoms with Crippen molar-refractivity contribution >= 4 is 27.5 Å². The van der Waals surface area contributed by atoms with Crippen LogP contribution in [-0.2, 0) is 6.54 Å². The average Bonchev–Trinajstić information content (AvgIpc) is 2.46. The number of hydrogen-bond acceptors (Lipinski definition) is 3. The van der Waals surface area contributed by atoms with Gasteiger partial charge in [0.05, 0.1) is 11.3 Å². The van der Waals surface area contributed by atoms with Crippen molar-refractivity contribution in [3.63, 3.8) is 0 Å². The van der Waals surface area contributed by atoms with Crippen molar-refractivity contribution in [3.05, 3.63) is 63.9 Å². The third-order valence-corrected chi connectivity index (χ3v) is 3.57. The van der Waals surface area contributed by atoms with Gasteiger partial charge in [0.2, 0.25) is 0 Å². The number of carbonyl (C=O) groups excluding carboxylic acids is 1. The van der Waals surface area contributed by atoms with Crippen LogP contribution in [0.2, 0.25) is 0 Å². The predicted octanol–water partition coefficient (Wildman–Crippen LogP) is 2.80. The van der Waals surface area contributed by atoms with Crippen LogP contribution in [0.3, 0.4) is 0 Å². The van der Waals surface area contributed by atoms with Gasteiger partial charge in [-0.3, -0.25) is 10.6 Å². The molecule has 0 heterocycles. The zero-order valence-electron chi connectivity index (χ0n) is 10.5. The molecular formula is C14H13BrFN3O. The van der Waals surface area contributed by atoms with E-state index in [1.165, 1.54) is 18.2 Å². The molecule has 0 saturated carbocycles. The molecule has 0 fully saturated rings. The lowest BCUT2D eigenvalue weighted by Crippen LogP contribution is -2.25. The predicted molar refractivity (Wildman–Crippen MR) is 79.5 cm³/mol. The Labute approximate surface area is 124 Å². The highest BCUT2D eigenvalue weighted by molar-refractivity contribution is 9.10. The van der Waals surface area contributed by atoms with Gasteiger partial charge in [-0.25, -0.2) is 4.39 Å². The number of para-hydroxylation sites is 1. The number of benzene rings is 2. The summed E-state index contributed by atoms with van der Waals surface area (Å²) in [6, 6.07) is 11.7. The minimum Gasteiger partial charge on any atom is -0.348 e. The standard InChI is InChI=1S/C14H13BrFN3O/c15-11-6-2-1-4-9(11)8-18-14(20)10-5-3-7-12(16)13(10)19-17/h1-7,19H,8,17H2,(H,18,20). The number of hydrogen-bond donors (Lipinski definition) is 3. The number of carbonyl (C=O) groups is 1. The van der Waals surface area contributed by atoms with Gasteiger partial charge in [0, 0.05) is 11.0 Å². The molecule has 0 aromatic heterocycles. The molecule has 2 aromatic carbocycles. The van der Waals surface area contributed by atoms with Crippen molar-refractivity contribution in [2.75, 3.05) is 5.43 Å². The van der Waals surface area contributed by atoms with E-state index in [4.69, 9.17) is 5.84 Å². The molecule has 20 heavy (non-hydrogen) atoms. The molecule has 1 amide bonds. The van der Waals surface area contributed by atoms with Crippen molar-refractivity contribution in [2.24, 2.45) is 5.84 Å². The Morgan fingerprint density at radius 2 is 1.95 bits per heavy atom. The van der Waals surface area contributed by atoms with Gasteiger partial charge in [-0.2, -0.15) is 0 Å². The number of rotatable bonds is 4. The first-order valence-electron chi connectivity index (χ1n) is 5.90. The van der Waals surface area contributed by atoms with Crippen molar-refractivity contribution < 1.29 is 9.18 Å². The van der Waals surface area contributed by atoms with E-state index in [0.717, 1.165) is 10.0 Å². The van der Waals surface area contributed by atoms with Crippen LogP contribution < -0.4 is 16.6 Å². The Bertz CT molecular complexity index is 634. The molecule has 2 rings (SSSR count). The molecule has 2 aromatic rings. The third kappa shape index (κ3) is 3.15. The molecular weight excluding hydrogens is 325 g/mol. The number of amides is 1. The lowest BCUT2D eigenvalue weighted by atomic mass is 10.1. The molecule has 0 aliphatic heterocycles. The van der Waals surface area contributed by atoms with Crippen molar-refractivity contribution in [1.29, 1.82) is 0 Å². The van der Waals surface area contributed by atoms with Crippen molar-refractivity contribution in [3.8, 4) is 0 Å². The molecule has 0 spiro atoms. The summed E-state index contributed by atoms with van der Waals surface area (Å²) in [6.07, 6.45) is 0. The van der Waals surface area contributed by atoms with Crippen LogP contribution in [-0.4, -0.2) is 5.91 Å². The fourth-order valence-corrected chi connectivity index (χ4v) is 2.20. The maximum absolute atomic E-state index is 13.5. The highest BCUT2D eigenvalue weighted by Gasteiger charge is 2.14. The zero-order valence-corrected chi connectivity index (χ0v) is 12.1. The second kappa shape index (κ2) is 6.49. The van der Waals surface area contributed by atoms with Crippen LogP contribution >= 0.6 is 15.9 Å². The molecule has 0 saturated heterocycles. The van der Waals surface area contributed by atoms with Gasteiger partial charge in [-0.15, -0.1) is 0 Å². The van der Waals surface area contributed by atoms with Gasteiger partial charge < -0.3 is 10.7 Å². The van der Waals surface area contributed by atoms with Crippen LogP contribution in [0.1, 0.15) is 15.9 Å². The first kappa shape index (κ1) is 14.5. The molecule has 0 atom stereocenters. The Balaban J connectivity index is 2.14. The maximum Gasteiger partial charge on any atom is 0.253 e. The van der Waals surface area contributed by atoms with Crippen molar-refractivity contribution in [1.82, 2.24) is 5.32 Å². The summed E-state index contributed by atoms with van der Waals surface area (Å²) >= 11 is 3.40. The molecule has 104 valence electrons. The van der Waals surface area contributed by atoms with E-state index in [1.54, 1.807) is 0 Å². The summed E-state index contributed by atoms with van der Waals surface area (Å²) in [5, 5.41) is 2.73. The van der Waals surface area contributed by atoms with E-state index in [-0.39, 0.29) is 11.3 Å². The number of anilines is 1. The Hall–Kier alpha value is -1.92. The van der Waals surface area contributed by atoms with E-state index >= 15 is 0 Å². The summed E-state index contributed by atoms with van der Waals surface area (Å²) in [7, 11) is 0. The number of halogens is 2. The van der Waals surface area contributed by atoms with Gasteiger partial charge in [0.25, 0.3) is 5.91 Å². The van der Waals surface area contributed by atoms with Crippen LogP contribution in [0.25, 0.3) is 0 Å². The fraction of sp³-hybridized carbons (Fsp3) is 0.0714. The highest BCUT2D eigenvalue weighted by atomic mass is 79.9. The van der Waals surface area contributed by atoms with Gasteiger partial charge in [0.1, 0.15) is 5.82 Å². The van der Waals surface area contributed by atoms with Gasteiger partial charge in [0.15, 0.2) is 0 Å². The Morgan fingerprint density at radius 3 is 2.65 bits per heavy atom. The largest absolute Gasteiger partial charge is 0.348 e. The SMILES string of the molecule is NNc1c(F)cccc1C(=O)NCc1ccccc1Br. The minimum absolute atomic E-state index is 0.0165. The van der Waals surface area contributed by atoms with Crippen molar-refractivity contribution in [2.45, 2.75) is 6.54 Å². The van der Waals surface area contributed by atoms with Crippen LogP contribution in [0.4, 0.5) is 10.1 Å². The maximum atomic E-state index is 13.5. The second-order valence-electron chi connectivity index (χ2n) is 4.08. The molecule has 0 aliphatic carbocycles. The summed E-state index contributed by atoms with van der Waals surface area (Å²) in [6.45, 7) is 0.334. The molecule has 0 unspecified atom stereocenters. The number of hydrazine groups is 1. The van der Waals surface area contributed by atoms with Crippen LogP contribution in [0.5, 0.6) is 0 Å². The Kier molecular flexibility index (Phi) is 4.70. The van der Waals surface area contributed by atoms with E-state index < -0.39 is 11.7 Å². The summed E-state index contributed by atoms with van der Waals surface area (Å²) in [4.78, 5) is 12.1. The molecule has 0 radical (unpaired) electrons. The second-order valence-corrected chi connectivity index (χ2v) is 4.94. The topological polar surface area (TPSA) is 67.1 Å². The number of nitrogens with one attached hydrogen (secondary N) is 2. The normalized spacial score (nSPS) is 10.2. The molecule has 4 N–H and O–H groups in total. The average molecular weight is 338 g/mol. The molecule has 0 aliphatic rings. The van der Waals surface area contributed by atoms with E-state index in [2.05, 4.69) is 26.7 Å².